The average molecular weight is 309 g/mol. The van der Waals surface area contributed by atoms with E-state index < -0.39 is 0 Å². The molecule has 132 valence electrons. The summed E-state index contributed by atoms with van der Waals surface area (Å²) in [6, 6.07) is 0. The van der Waals surface area contributed by atoms with Crippen LogP contribution in [0, 0.1) is 29.1 Å². The van der Waals surface area contributed by atoms with E-state index in [2.05, 4.69) is 41.5 Å². The van der Waals surface area contributed by atoms with E-state index in [1.54, 1.807) is 0 Å². The lowest BCUT2D eigenvalue weighted by atomic mass is 9.58. The SMILES string of the molecule is CCCC(CCC)(C(C)CC)C(C)C(C)CC1CCCCC1. The third kappa shape index (κ3) is 5.00. The van der Waals surface area contributed by atoms with Crippen molar-refractivity contribution in [1.82, 2.24) is 0 Å². The Morgan fingerprint density at radius 2 is 1.41 bits per heavy atom. The smallest absolute Gasteiger partial charge is 0.0244 e. The molecular weight excluding hydrogens is 264 g/mol. The molecule has 0 bridgehead atoms. The van der Waals surface area contributed by atoms with Crippen LogP contribution >= 0.6 is 0 Å². The minimum Gasteiger partial charge on any atom is -0.0654 e. The highest BCUT2D eigenvalue weighted by atomic mass is 14.5. The van der Waals surface area contributed by atoms with Crippen molar-refractivity contribution in [3.63, 3.8) is 0 Å². The Hall–Kier alpha value is 0. The third-order valence-electron chi connectivity index (χ3n) is 7.21. The molecule has 1 rings (SSSR count). The molecule has 0 radical (unpaired) electrons. The molecule has 0 aromatic rings. The van der Waals surface area contributed by atoms with Gasteiger partial charge in [-0.25, -0.2) is 0 Å². The van der Waals surface area contributed by atoms with E-state index in [9.17, 15) is 0 Å². The standard InChI is InChI=1S/C22H44/c1-7-15-22(16-8-2,19(5)9-3)20(6)18(4)17-21-13-11-10-12-14-21/h18-21H,7-17H2,1-6H3. The van der Waals surface area contributed by atoms with Crippen LogP contribution in [0.3, 0.4) is 0 Å². The van der Waals surface area contributed by atoms with Crippen LogP contribution in [0.4, 0.5) is 0 Å². The van der Waals surface area contributed by atoms with Gasteiger partial charge < -0.3 is 0 Å². The van der Waals surface area contributed by atoms with E-state index in [0.29, 0.717) is 5.41 Å². The van der Waals surface area contributed by atoms with Crippen molar-refractivity contribution in [3.05, 3.63) is 0 Å². The maximum atomic E-state index is 2.60. The van der Waals surface area contributed by atoms with Crippen molar-refractivity contribution in [1.29, 1.82) is 0 Å². The van der Waals surface area contributed by atoms with Crippen molar-refractivity contribution in [2.24, 2.45) is 29.1 Å². The van der Waals surface area contributed by atoms with E-state index >= 15 is 0 Å². The molecule has 0 N–H and O–H groups in total. The van der Waals surface area contributed by atoms with Gasteiger partial charge in [-0.2, -0.15) is 0 Å². The zero-order valence-electron chi connectivity index (χ0n) is 16.6. The molecule has 0 saturated heterocycles. The number of hydrogen-bond acceptors (Lipinski definition) is 0. The van der Waals surface area contributed by atoms with E-state index in [-0.39, 0.29) is 0 Å². The predicted octanol–water partition coefficient (Wildman–Crippen LogP) is 7.86. The Labute approximate surface area is 141 Å². The van der Waals surface area contributed by atoms with Gasteiger partial charge in [0.05, 0.1) is 0 Å². The molecule has 0 spiro atoms. The van der Waals surface area contributed by atoms with Crippen molar-refractivity contribution < 1.29 is 0 Å². The van der Waals surface area contributed by atoms with Gasteiger partial charge in [0.15, 0.2) is 0 Å². The third-order valence-corrected chi connectivity index (χ3v) is 7.21. The van der Waals surface area contributed by atoms with Crippen molar-refractivity contribution >= 4 is 0 Å². The van der Waals surface area contributed by atoms with Gasteiger partial charge in [0.25, 0.3) is 0 Å². The second-order valence-electron chi connectivity index (χ2n) is 8.55. The van der Waals surface area contributed by atoms with Crippen molar-refractivity contribution in [2.75, 3.05) is 0 Å². The fourth-order valence-electron chi connectivity index (χ4n) is 5.58. The molecule has 1 aliphatic rings. The highest BCUT2D eigenvalue weighted by Gasteiger charge is 2.41. The summed E-state index contributed by atoms with van der Waals surface area (Å²) in [5.74, 6) is 3.68. The Kier molecular flexibility index (Phi) is 9.10. The van der Waals surface area contributed by atoms with Crippen LogP contribution < -0.4 is 0 Å². The predicted molar refractivity (Wildman–Crippen MR) is 101 cm³/mol. The summed E-state index contributed by atoms with van der Waals surface area (Å²) in [4.78, 5) is 0. The molecule has 1 saturated carbocycles. The lowest BCUT2D eigenvalue weighted by Crippen LogP contribution is -2.39. The largest absolute Gasteiger partial charge is 0.0654 e. The summed E-state index contributed by atoms with van der Waals surface area (Å²) in [7, 11) is 0. The quantitative estimate of drug-likeness (QED) is 0.385. The van der Waals surface area contributed by atoms with Crippen LogP contribution in [-0.2, 0) is 0 Å². The fraction of sp³-hybridized carbons (Fsp3) is 1.00. The molecule has 1 aliphatic carbocycles. The fourth-order valence-corrected chi connectivity index (χ4v) is 5.58. The van der Waals surface area contributed by atoms with Crippen molar-refractivity contribution in [2.45, 2.75) is 112 Å². The van der Waals surface area contributed by atoms with Gasteiger partial charge in [-0.15, -0.1) is 0 Å². The lowest BCUT2D eigenvalue weighted by Gasteiger charge is -2.47. The molecule has 0 aromatic heterocycles. The summed E-state index contributed by atoms with van der Waals surface area (Å²) in [6.45, 7) is 14.9. The van der Waals surface area contributed by atoms with Crippen LogP contribution in [0.25, 0.3) is 0 Å². The first-order valence-corrected chi connectivity index (χ1v) is 10.5. The molecule has 3 atom stereocenters. The minimum atomic E-state index is 0.590. The lowest BCUT2D eigenvalue weighted by molar-refractivity contribution is 0.0213. The topological polar surface area (TPSA) is 0 Å². The van der Waals surface area contributed by atoms with Crippen molar-refractivity contribution in [3.8, 4) is 0 Å². The molecule has 1 fully saturated rings. The Morgan fingerprint density at radius 3 is 1.86 bits per heavy atom. The minimum absolute atomic E-state index is 0.590. The molecule has 0 heteroatoms. The monoisotopic (exact) mass is 308 g/mol. The second kappa shape index (κ2) is 9.99. The first kappa shape index (κ1) is 20.0. The van der Waals surface area contributed by atoms with E-state index in [1.807, 2.05) is 0 Å². The summed E-state index contributed by atoms with van der Waals surface area (Å²) in [5.41, 5.74) is 0.590. The maximum absolute atomic E-state index is 2.60. The maximum Gasteiger partial charge on any atom is -0.0244 e. The number of rotatable bonds is 10. The molecular formula is C22H44. The van der Waals surface area contributed by atoms with Gasteiger partial charge in [-0.05, 0) is 48.3 Å². The zero-order chi connectivity index (χ0) is 16.6. The number of hydrogen-bond donors (Lipinski definition) is 0. The Bertz CT molecular complexity index is 268. The zero-order valence-corrected chi connectivity index (χ0v) is 16.6. The summed E-state index contributed by atoms with van der Waals surface area (Å²) in [5, 5.41) is 0. The van der Waals surface area contributed by atoms with Gasteiger partial charge in [-0.3, -0.25) is 0 Å². The van der Waals surface area contributed by atoms with Crippen LogP contribution in [-0.4, -0.2) is 0 Å². The second-order valence-corrected chi connectivity index (χ2v) is 8.55. The Balaban J connectivity index is 2.80. The van der Waals surface area contributed by atoms with Crippen LogP contribution in [0.2, 0.25) is 0 Å². The average Bonchev–Trinajstić information content (AvgIpc) is 2.53. The molecule has 0 heterocycles. The van der Waals surface area contributed by atoms with Gasteiger partial charge in [0.1, 0.15) is 0 Å². The highest BCUT2D eigenvalue weighted by Crippen LogP contribution is 2.50. The van der Waals surface area contributed by atoms with Gasteiger partial charge in [-0.1, -0.05) is 92.9 Å². The highest BCUT2D eigenvalue weighted by molar-refractivity contribution is 4.90. The van der Waals surface area contributed by atoms with Crippen LogP contribution in [0.5, 0.6) is 0 Å². The summed E-state index contributed by atoms with van der Waals surface area (Å²) < 4.78 is 0. The van der Waals surface area contributed by atoms with Crippen LogP contribution in [0.15, 0.2) is 0 Å². The first-order chi connectivity index (χ1) is 10.5. The molecule has 22 heavy (non-hydrogen) atoms. The van der Waals surface area contributed by atoms with E-state index in [1.165, 1.54) is 70.6 Å². The van der Waals surface area contributed by atoms with E-state index in [4.69, 9.17) is 0 Å². The normalized spacial score (nSPS) is 21.5. The van der Waals surface area contributed by atoms with E-state index in [0.717, 1.165) is 23.7 Å². The summed E-state index contributed by atoms with van der Waals surface area (Å²) in [6.07, 6.45) is 15.9. The molecule has 0 nitrogen and oxygen atoms in total. The molecule has 0 aliphatic heterocycles. The molecule has 0 amide bonds. The molecule has 3 unspecified atom stereocenters. The van der Waals surface area contributed by atoms with Gasteiger partial charge in [0.2, 0.25) is 0 Å². The summed E-state index contributed by atoms with van der Waals surface area (Å²) >= 11 is 0. The Morgan fingerprint density at radius 1 is 0.864 bits per heavy atom. The first-order valence-electron chi connectivity index (χ1n) is 10.5. The molecule has 0 aromatic carbocycles. The van der Waals surface area contributed by atoms with Gasteiger partial charge in [0, 0.05) is 0 Å². The van der Waals surface area contributed by atoms with Crippen LogP contribution in [0.1, 0.15) is 112 Å². The van der Waals surface area contributed by atoms with Gasteiger partial charge >= 0.3 is 0 Å².